The summed E-state index contributed by atoms with van der Waals surface area (Å²) in [4.78, 5) is 40.2. The first-order chi connectivity index (χ1) is 12.1. The predicted octanol–water partition coefficient (Wildman–Crippen LogP) is 2.95. The Hall–Kier alpha value is -2.75. The van der Waals surface area contributed by atoms with Crippen molar-refractivity contribution in [3.8, 4) is 0 Å². The maximum absolute atomic E-state index is 13.1. The Morgan fingerprint density at radius 2 is 1.48 bits per heavy atom. The van der Waals surface area contributed by atoms with Crippen LogP contribution in [0.25, 0.3) is 0 Å². The summed E-state index contributed by atoms with van der Waals surface area (Å²) in [5.74, 6) is -1.89. The fraction of sp³-hybridized carbons (Fsp3) is 0.286. The molecule has 2 amide bonds. The molecule has 6 rings (SSSR count). The Labute approximate surface area is 145 Å². The van der Waals surface area contributed by atoms with Crippen LogP contribution < -0.4 is 4.90 Å². The molecular formula is C21H17NO3. The standard InChI is InChI=1S/C21H17NO3/c1-11-6-8-12(9-7-11)22-20(24)18-15-10-16(23)17(19(18)21(22)25)14-5-3-2-4-13(14)15/h2-9,15,17-19H,10H2,1H3/t15-,17+,18+,19+/m1/s1. The third-order valence-electron chi connectivity index (χ3n) is 5.98. The molecule has 0 spiro atoms. The number of hydrogen-bond acceptors (Lipinski definition) is 3. The number of carbonyl (C=O) groups excluding carboxylic acids is 3. The van der Waals surface area contributed by atoms with Crippen molar-refractivity contribution in [1.29, 1.82) is 0 Å². The molecule has 1 saturated heterocycles. The normalized spacial score (nSPS) is 29.8. The van der Waals surface area contributed by atoms with Gasteiger partial charge in [-0.05, 0) is 30.2 Å². The molecule has 0 unspecified atom stereocenters. The van der Waals surface area contributed by atoms with Crippen molar-refractivity contribution in [3.63, 3.8) is 0 Å². The average molecular weight is 331 g/mol. The third kappa shape index (κ3) is 1.79. The number of carbonyl (C=O) groups is 3. The van der Waals surface area contributed by atoms with Gasteiger partial charge in [-0.1, -0.05) is 42.0 Å². The van der Waals surface area contributed by atoms with Gasteiger partial charge >= 0.3 is 0 Å². The second kappa shape index (κ2) is 4.88. The molecule has 2 bridgehead atoms. The van der Waals surface area contributed by atoms with Crippen molar-refractivity contribution < 1.29 is 14.4 Å². The number of anilines is 1. The van der Waals surface area contributed by atoms with Crippen LogP contribution in [-0.2, 0) is 14.4 Å². The van der Waals surface area contributed by atoms with Crippen LogP contribution in [0.5, 0.6) is 0 Å². The number of benzene rings is 2. The minimum absolute atomic E-state index is 0.0943. The van der Waals surface area contributed by atoms with Gasteiger partial charge in [-0.15, -0.1) is 0 Å². The Kier molecular flexibility index (Phi) is 2.85. The summed E-state index contributed by atoms with van der Waals surface area (Å²) in [6.45, 7) is 1.96. The van der Waals surface area contributed by atoms with Crippen LogP contribution in [-0.4, -0.2) is 17.6 Å². The highest BCUT2D eigenvalue weighted by Crippen LogP contribution is 2.57. The molecule has 2 fully saturated rings. The summed E-state index contributed by atoms with van der Waals surface area (Å²) in [6.07, 6.45) is 0.365. The average Bonchev–Trinajstić information content (AvgIpc) is 2.88. The number of ketones is 1. The summed E-state index contributed by atoms with van der Waals surface area (Å²) in [6, 6.07) is 15.2. The minimum Gasteiger partial charge on any atom is -0.299 e. The van der Waals surface area contributed by atoms with Crippen molar-refractivity contribution in [3.05, 3.63) is 65.2 Å². The zero-order valence-electron chi connectivity index (χ0n) is 13.8. The Balaban J connectivity index is 1.65. The fourth-order valence-corrected chi connectivity index (χ4v) is 4.91. The van der Waals surface area contributed by atoms with Gasteiger partial charge in [0, 0.05) is 12.3 Å². The van der Waals surface area contributed by atoms with Gasteiger partial charge in [-0.25, -0.2) is 0 Å². The second-order valence-electron chi connectivity index (χ2n) is 7.28. The number of Topliss-reactive ketones (excluding diaryl/α,β-unsaturated/α-hetero) is 1. The van der Waals surface area contributed by atoms with E-state index < -0.39 is 17.8 Å². The highest BCUT2D eigenvalue weighted by atomic mass is 16.2. The van der Waals surface area contributed by atoms with Gasteiger partial charge in [-0.2, -0.15) is 0 Å². The van der Waals surface area contributed by atoms with E-state index in [1.165, 1.54) is 4.90 Å². The molecule has 2 aromatic carbocycles. The molecule has 3 aliphatic carbocycles. The number of aryl methyl sites for hydroxylation is 1. The van der Waals surface area contributed by atoms with Crippen LogP contribution in [0, 0.1) is 18.8 Å². The van der Waals surface area contributed by atoms with Gasteiger partial charge in [0.05, 0.1) is 23.4 Å². The molecule has 1 heterocycles. The maximum atomic E-state index is 13.1. The molecule has 1 saturated carbocycles. The van der Waals surface area contributed by atoms with E-state index in [4.69, 9.17) is 0 Å². The highest BCUT2D eigenvalue weighted by molar-refractivity contribution is 6.24. The molecule has 124 valence electrons. The van der Waals surface area contributed by atoms with E-state index in [1.807, 2.05) is 43.3 Å². The van der Waals surface area contributed by atoms with Crippen molar-refractivity contribution in [2.24, 2.45) is 11.8 Å². The molecule has 4 atom stereocenters. The lowest BCUT2D eigenvalue weighted by Gasteiger charge is -2.43. The van der Waals surface area contributed by atoms with Crippen LogP contribution in [0.15, 0.2) is 48.5 Å². The van der Waals surface area contributed by atoms with Crippen LogP contribution in [0.4, 0.5) is 5.69 Å². The molecular weight excluding hydrogens is 314 g/mol. The number of amides is 2. The SMILES string of the molecule is Cc1ccc(N2C(=O)[C@@H]3[C@@H](C2=O)[C@@H]2C(=O)C[C@@H]3c3ccccc32)cc1. The number of fused-ring (bicyclic) bond motifs is 1. The largest absolute Gasteiger partial charge is 0.299 e. The van der Waals surface area contributed by atoms with E-state index in [0.29, 0.717) is 12.1 Å². The molecule has 2 aromatic rings. The molecule has 4 nitrogen and oxygen atoms in total. The molecule has 0 radical (unpaired) electrons. The first kappa shape index (κ1) is 14.6. The van der Waals surface area contributed by atoms with Crippen molar-refractivity contribution >= 4 is 23.3 Å². The van der Waals surface area contributed by atoms with Crippen LogP contribution >= 0.6 is 0 Å². The first-order valence-electron chi connectivity index (χ1n) is 8.64. The van der Waals surface area contributed by atoms with Crippen molar-refractivity contribution in [2.45, 2.75) is 25.2 Å². The summed E-state index contributed by atoms with van der Waals surface area (Å²) in [5.41, 5.74) is 3.69. The lowest BCUT2D eigenvalue weighted by atomic mass is 9.56. The topological polar surface area (TPSA) is 54.5 Å². The number of nitrogens with zero attached hydrogens (tertiary/aromatic N) is 1. The summed E-state index contributed by atoms with van der Waals surface area (Å²) in [7, 11) is 0. The smallest absolute Gasteiger partial charge is 0.238 e. The van der Waals surface area contributed by atoms with Gasteiger partial charge in [0.1, 0.15) is 5.78 Å². The molecule has 1 aliphatic heterocycles. The predicted molar refractivity (Wildman–Crippen MR) is 92.2 cm³/mol. The zero-order chi connectivity index (χ0) is 17.3. The maximum Gasteiger partial charge on any atom is 0.238 e. The molecule has 0 aromatic heterocycles. The molecule has 4 aliphatic rings. The highest BCUT2D eigenvalue weighted by Gasteiger charge is 2.62. The zero-order valence-corrected chi connectivity index (χ0v) is 13.8. The van der Waals surface area contributed by atoms with Crippen molar-refractivity contribution in [1.82, 2.24) is 0 Å². The summed E-state index contributed by atoms with van der Waals surface area (Å²) < 4.78 is 0. The first-order valence-corrected chi connectivity index (χ1v) is 8.64. The lowest BCUT2D eigenvalue weighted by Crippen LogP contribution is -2.44. The number of hydrogen-bond donors (Lipinski definition) is 0. The second-order valence-corrected chi connectivity index (χ2v) is 7.28. The lowest BCUT2D eigenvalue weighted by molar-refractivity contribution is -0.134. The fourth-order valence-electron chi connectivity index (χ4n) is 4.91. The minimum atomic E-state index is -0.546. The quantitative estimate of drug-likeness (QED) is 0.755. The monoisotopic (exact) mass is 331 g/mol. The van der Waals surface area contributed by atoms with Crippen LogP contribution in [0.3, 0.4) is 0 Å². The van der Waals surface area contributed by atoms with E-state index in [9.17, 15) is 14.4 Å². The van der Waals surface area contributed by atoms with Gasteiger partial charge in [-0.3, -0.25) is 19.3 Å². The number of rotatable bonds is 1. The molecule has 0 N–H and O–H groups in total. The van der Waals surface area contributed by atoms with E-state index in [1.54, 1.807) is 12.1 Å². The van der Waals surface area contributed by atoms with Gasteiger partial charge < -0.3 is 0 Å². The molecule has 4 heteroatoms. The number of imide groups is 1. The van der Waals surface area contributed by atoms with Crippen LogP contribution in [0.2, 0.25) is 0 Å². The Morgan fingerprint density at radius 3 is 2.20 bits per heavy atom. The summed E-state index contributed by atoms with van der Waals surface area (Å²) >= 11 is 0. The van der Waals surface area contributed by atoms with Gasteiger partial charge in [0.2, 0.25) is 11.8 Å². The third-order valence-corrected chi connectivity index (χ3v) is 5.98. The summed E-state index contributed by atoms with van der Waals surface area (Å²) in [5, 5.41) is 0. The van der Waals surface area contributed by atoms with E-state index in [2.05, 4.69) is 0 Å². The van der Waals surface area contributed by atoms with E-state index in [-0.39, 0.29) is 23.5 Å². The van der Waals surface area contributed by atoms with E-state index >= 15 is 0 Å². The Bertz CT molecular complexity index is 930. The molecule has 25 heavy (non-hydrogen) atoms. The van der Waals surface area contributed by atoms with E-state index in [0.717, 1.165) is 16.7 Å². The Morgan fingerprint density at radius 1 is 0.840 bits per heavy atom. The van der Waals surface area contributed by atoms with Gasteiger partial charge in [0.15, 0.2) is 0 Å². The van der Waals surface area contributed by atoms with Gasteiger partial charge in [0.25, 0.3) is 0 Å². The van der Waals surface area contributed by atoms with Crippen LogP contribution in [0.1, 0.15) is 34.9 Å². The van der Waals surface area contributed by atoms with Crippen molar-refractivity contribution in [2.75, 3.05) is 4.90 Å².